The second-order valence-electron chi connectivity index (χ2n) is 4.08. The highest BCUT2D eigenvalue weighted by molar-refractivity contribution is 5.06. The van der Waals surface area contributed by atoms with Crippen LogP contribution < -0.4 is 0 Å². The molecule has 0 bridgehead atoms. The molecule has 1 unspecified atom stereocenters. The van der Waals surface area contributed by atoms with E-state index in [4.69, 9.17) is 0 Å². The van der Waals surface area contributed by atoms with Gasteiger partial charge in [0.1, 0.15) is 0 Å². The van der Waals surface area contributed by atoms with Crippen LogP contribution in [0, 0.1) is 12.3 Å². The molecule has 0 aromatic heterocycles. The summed E-state index contributed by atoms with van der Waals surface area (Å²) in [4.78, 5) is 0. The normalized spacial score (nSPS) is 15.1. The molecule has 0 radical (unpaired) electrons. The van der Waals surface area contributed by atoms with Crippen LogP contribution in [0.3, 0.4) is 0 Å². The molecule has 0 heteroatoms. The van der Waals surface area contributed by atoms with Crippen molar-refractivity contribution in [2.24, 2.45) is 5.92 Å². The van der Waals surface area contributed by atoms with Crippen LogP contribution in [-0.4, -0.2) is 0 Å². The first-order valence-corrected chi connectivity index (χ1v) is 5.92. The summed E-state index contributed by atoms with van der Waals surface area (Å²) >= 11 is 0. The summed E-state index contributed by atoms with van der Waals surface area (Å²) in [7, 11) is 0. The molecule has 0 rings (SSSR count). The molecular formula is C15H25+. The van der Waals surface area contributed by atoms with Gasteiger partial charge in [-0.15, -0.1) is 0 Å². The van der Waals surface area contributed by atoms with Gasteiger partial charge in [0, 0.05) is 6.42 Å². The summed E-state index contributed by atoms with van der Waals surface area (Å²) in [5.41, 5.74) is 1.47. The molecular weight excluding hydrogens is 180 g/mol. The third-order valence-electron chi connectivity index (χ3n) is 2.52. The molecule has 15 heavy (non-hydrogen) atoms. The van der Waals surface area contributed by atoms with E-state index in [0.717, 1.165) is 12.8 Å². The molecule has 0 aliphatic heterocycles. The van der Waals surface area contributed by atoms with Crippen LogP contribution in [0.1, 0.15) is 47.0 Å². The Hall–Kier alpha value is -0.910. The van der Waals surface area contributed by atoms with Gasteiger partial charge in [-0.05, 0) is 33.6 Å². The Balaban J connectivity index is 3.72. The van der Waals surface area contributed by atoms with Crippen LogP contribution in [0.4, 0.5) is 0 Å². The van der Waals surface area contributed by atoms with Crippen molar-refractivity contribution in [3.8, 4) is 0 Å². The minimum atomic E-state index is 0.701. The summed E-state index contributed by atoms with van der Waals surface area (Å²) in [6.45, 7) is 8.65. The highest BCUT2D eigenvalue weighted by Gasteiger charge is 2.02. The maximum atomic E-state index is 2.35. The lowest BCUT2D eigenvalue weighted by Gasteiger charge is -1.98. The summed E-state index contributed by atoms with van der Waals surface area (Å²) in [5, 5.41) is 0. The van der Waals surface area contributed by atoms with E-state index in [1.165, 1.54) is 12.0 Å². The number of rotatable bonds is 7. The molecule has 0 nitrogen and oxygen atoms in total. The molecule has 0 saturated carbocycles. The fourth-order valence-corrected chi connectivity index (χ4v) is 1.19. The Morgan fingerprint density at radius 1 is 1.27 bits per heavy atom. The van der Waals surface area contributed by atoms with Crippen LogP contribution in [0.2, 0.25) is 0 Å². The van der Waals surface area contributed by atoms with Gasteiger partial charge in [-0.2, -0.15) is 0 Å². The first kappa shape index (κ1) is 14.1. The standard InChI is InChI=1S/C15H25/c1-5-7-8-9-10-11-15(4)13-12-14(3)6-2/h5-7,9-10,13-14H,8,11-12H2,1-4H3/q+1/b7-5+,10-9-,15-13-. The van der Waals surface area contributed by atoms with Crippen molar-refractivity contribution >= 4 is 0 Å². The summed E-state index contributed by atoms with van der Waals surface area (Å²) in [6, 6.07) is 0. The lowest BCUT2D eigenvalue weighted by Crippen LogP contribution is -1.90. The van der Waals surface area contributed by atoms with Crippen molar-refractivity contribution in [3.05, 3.63) is 42.4 Å². The molecule has 0 amide bonds. The Morgan fingerprint density at radius 2 is 2.00 bits per heavy atom. The van der Waals surface area contributed by atoms with E-state index in [2.05, 4.69) is 64.5 Å². The van der Waals surface area contributed by atoms with Gasteiger partial charge in [0.25, 0.3) is 0 Å². The van der Waals surface area contributed by atoms with Crippen LogP contribution in [-0.2, 0) is 0 Å². The zero-order chi connectivity index (χ0) is 11.5. The Labute approximate surface area is 95.8 Å². The molecule has 84 valence electrons. The van der Waals surface area contributed by atoms with Crippen LogP contribution in [0.15, 0.2) is 36.0 Å². The predicted octanol–water partition coefficient (Wildman–Crippen LogP) is 5.10. The van der Waals surface area contributed by atoms with Gasteiger partial charge in [-0.3, -0.25) is 0 Å². The molecule has 0 N–H and O–H groups in total. The van der Waals surface area contributed by atoms with Crippen molar-refractivity contribution in [1.29, 1.82) is 0 Å². The fourth-order valence-electron chi connectivity index (χ4n) is 1.19. The van der Waals surface area contributed by atoms with Crippen molar-refractivity contribution in [2.45, 2.75) is 47.0 Å². The predicted molar refractivity (Wildman–Crippen MR) is 70.7 cm³/mol. The molecule has 0 saturated heterocycles. The van der Waals surface area contributed by atoms with Gasteiger partial charge < -0.3 is 0 Å². The monoisotopic (exact) mass is 205 g/mol. The van der Waals surface area contributed by atoms with E-state index in [-0.39, 0.29) is 0 Å². The van der Waals surface area contributed by atoms with Gasteiger partial charge >= 0.3 is 0 Å². The number of hydrogen-bond donors (Lipinski definition) is 0. The van der Waals surface area contributed by atoms with Crippen molar-refractivity contribution < 1.29 is 0 Å². The molecule has 0 spiro atoms. The van der Waals surface area contributed by atoms with Gasteiger partial charge in [0.05, 0.1) is 19.3 Å². The largest absolute Gasteiger partial charge is 0.0981 e. The van der Waals surface area contributed by atoms with Gasteiger partial charge in [0.15, 0.2) is 0 Å². The minimum Gasteiger partial charge on any atom is -0.0914 e. The zero-order valence-corrected chi connectivity index (χ0v) is 10.7. The Morgan fingerprint density at radius 3 is 2.60 bits per heavy atom. The average molecular weight is 205 g/mol. The second-order valence-corrected chi connectivity index (χ2v) is 4.08. The average Bonchev–Trinajstić information content (AvgIpc) is 2.25. The Bertz CT molecular complexity index is 218. The van der Waals surface area contributed by atoms with Gasteiger partial charge in [0.2, 0.25) is 0 Å². The third-order valence-corrected chi connectivity index (χ3v) is 2.52. The molecule has 1 atom stereocenters. The molecule has 0 aromatic rings. The maximum Gasteiger partial charge on any atom is 0.0981 e. The van der Waals surface area contributed by atoms with Crippen LogP contribution >= 0.6 is 0 Å². The minimum absolute atomic E-state index is 0.701. The second kappa shape index (κ2) is 9.64. The Kier molecular flexibility index (Phi) is 9.05. The zero-order valence-electron chi connectivity index (χ0n) is 10.7. The molecule has 0 aliphatic rings. The van der Waals surface area contributed by atoms with Crippen LogP contribution in [0.5, 0.6) is 0 Å². The maximum absolute atomic E-state index is 2.35. The smallest absolute Gasteiger partial charge is 0.0914 e. The molecule has 0 aliphatic carbocycles. The van der Waals surface area contributed by atoms with Crippen molar-refractivity contribution in [1.82, 2.24) is 0 Å². The highest BCUT2D eigenvalue weighted by Crippen LogP contribution is 2.10. The number of hydrogen-bond acceptors (Lipinski definition) is 0. The van der Waals surface area contributed by atoms with Crippen LogP contribution in [0.25, 0.3) is 0 Å². The van der Waals surface area contributed by atoms with Crippen molar-refractivity contribution in [3.63, 3.8) is 0 Å². The lowest BCUT2D eigenvalue weighted by molar-refractivity contribution is 0.684. The first-order valence-electron chi connectivity index (χ1n) is 5.92. The summed E-state index contributed by atoms with van der Waals surface area (Å²) < 4.78 is 0. The van der Waals surface area contributed by atoms with Gasteiger partial charge in [-0.25, -0.2) is 0 Å². The highest BCUT2D eigenvalue weighted by atomic mass is 14.0. The van der Waals surface area contributed by atoms with E-state index < -0.39 is 0 Å². The third kappa shape index (κ3) is 9.40. The van der Waals surface area contributed by atoms with E-state index in [1.54, 1.807) is 0 Å². The molecule has 0 fully saturated rings. The first-order chi connectivity index (χ1) is 7.20. The van der Waals surface area contributed by atoms with Crippen molar-refractivity contribution in [2.75, 3.05) is 0 Å². The van der Waals surface area contributed by atoms with E-state index >= 15 is 0 Å². The molecule has 0 heterocycles. The topological polar surface area (TPSA) is 0 Å². The fraction of sp³-hybridized carbons (Fsp3) is 0.533. The van der Waals surface area contributed by atoms with E-state index in [9.17, 15) is 0 Å². The number of allylic oxidation sites excluding steroid dienone is 6. The lowest BCUT2D eigenvalue weighted by atomic mass is 10.0. The summed E-state index contributed by atoms with van der Waals surface area (Å²) in [6.07, 6.45) is 16.7. The summed E-state index contributed by atoms with van der Waals surface area (Å²) in [5.74, 6) is 0.701. The van der Waals surface area contributed by atoms with E-state index in [0.29, 0.717) is 5.92 Å². The van der Waals surface area contributed by atoms with Gasteiger partial charge in [-0.1, -0.05) is 36.0 Å². The SMILES string of the molecule is C/C=C/C/C=C\C/C(C)=C\CC(C)[CH+]C. The van der Waals surface area contributed by atoms with E-state index in [1.807, 2.05) is 0 Å². The quantitative estimate of drug-likeness (QED) is 0.401. The molecule has 0 aromatic carbocycles.